The zero-order chi connectivity index (χ0) is 10.4. The first-order valence-electron chi connectivity index (χ1n) is 5.23. The summed E-state index contributed by atoms with van der Waals surface area (Å²) < 4.78 is 0. The van der Waals surface area contributed by atoms with Crippen molar-refractivity contribution in [3.63, 3.8) is 0 Å². The fourth-order valence-corrected chi connectivity index (χ4v) is 1.83. The highest BCUT2D eigenvalue weighted by atomic mass is 35.5. The summed E-state index contributed by atoms with van der Waals surface area (Å²) in [6.45, 7) is 3.00. The third-order valence-corrected chi connectivity index (χ3v) is 2.84. The van der Waals surface area contributed by atoms with Gasteiger partial charge in [-0.1, -0.05) is 30.7 Å². The molecule has 0 saturated carbocycles. The Morgan fingerprint density at radius 3 is 2.43 bits per heavy atom. The monoisotopic (exact) mass is 211 g/mol. The molecule has 0 radical (unpaired) electrons. The van der Waals surface area contributed by atoms with Crippen LogP contribution >= 0.6 is 11.6 Å². The minimum atomic E-state index is 0.635. The van der Waals surface area contributed by atoms with Gasteiger partial charge in [-0.15, -0.1) is 0 Å². The van der Waals surface area contributed by atoms with Crippen molar-refractivity contribution in [3.05, 3.63) is 34.9 Å². The highest BCUT2D eigenvalue weighted by Crippen LogP contribution is 2.25. The fraction of sp³-hybridized carbons (Fsp3) is 0.500. The van der Waals surface area contributed by atoms with Crippen LogP contribution in [-0.4, -0.2) is 6.54 Å². The number of rotatable bonds is 5. The van der Waals surface area contributed by atoms with Gasteiger partial charge in [-0.05, 0) is 49.4 Å². The molecule has 0 aliphatic carbocycles. The Kier molecular flexibility index (Phi) is 4.99. The van der Waals surface area contributed by atoms with E-state index in [2.05, 4.69) is 19.1 Å². The van der Waals surface area contributed by atoms with E-state index in [0.717, 1.165) is 18.0 Å². The van der Waals surface area contributed by atoms with Gasteiger partial charge in [0.15, 0.2) is 0 Å². The lowest BCUT2D eigenvalue weighted by molar-refractivity contribution is 0.581. The molecular formula is C12H18ClN. The van der Waals surface area contributed by atoms with E-state index in [1.165, 1.54) is 18.4 Å². The molecule has 2 N–H and O–H groups in total. The molecule has 1 rings (SSSR count). The molecule has 0 amide bonds. The quantitative estimate of drug-likeness (QED) is 0.792. The maximum absolute atomic E-state index is 5.84. The molecule has 1 aromatic rings. The first-order valence-corrected chi connectivity index (χ1v) is 5.61. The van der Waals surface area contributed by atoms with Crippen LogP contribution in [0.3, 0.4) is 0 Å². The summed E-state index contributed by atoms with van der Waals surface area (Å²) >= 11 is 5.84. The number of nitrogens with two attached hydrogens (primary N) is 1. The summed E-state index contributed by atoms with van der Waals surface area (Å²) in [5.74, 6) is 0.635. The highest BCUT2D eigenvalue weighted by Gasteiger charge is 2.07. The lowest BCUT2D eigenvalue weighted by Crippen LogP contribution is -2.03. The van der Waals surface area contributed by atoms with Crippen molar-refractivity contribution in [2.45, 2.75) is 32.1 Å². The third kappa shape index (κ3) is 3.32. The summed E-state index contributed by atoms with van der Waals surface area (Å²) in [4.78, 5) is 0. The molecule has 0 aromatic heterocycles. The molecule has 1 unspecified atom stereocenters. The molecule has 0 aliphatic rings. The zero-order valence-electron chi connectivity index (χ0n) is 8.67. The van der Waals surface area contributed by atoms with E-state index >= 15 is 0 Å². The molecule has 0 aliphatic heterocycles. The van der Waals surface area contributed by atoms with Crippen LogP contribution < -0.4 is 5.73 Å². The lowest BCUT2D eigenvalue weighted by Gasteiger charge is -2.14. The number of hydrogen-bond donors (Lipinski definition) is 1. The van der Waals surface area contributed by atoms with E-state index in [1.54, 1.807) is 0 Å². The Balaban J connectivity index is 2.64. The van der Waals surface area contributed by atoms with Crippen LogP contribution in [0.4, 0.5) is 0 Å². The average molecular weight is 212 g/mol. The molecule has 1 atom stereocenters. The molecule has 0 spiro atoms. The van der Waals surface area contributed by atoms with Gasteiger partial charge in [0, 0.05) is 5.02 Å². The zero-order valence-corrected chi connectivity index (χ0v) is 9.43. The van der Waals surface area contributed by atoms with Crippen LogP contribution in [0.25, 0.3) is 0 Å². The van der Waals surface area contributed by atoms with Gasteiger partial charge in [-0.2, -0.15) is 0 Å². The molecule has 1 aromatic carbocycles. The lowest BCUT2D eigenvalue weighted by atomic mass is 9.92. The van der Waals surface area contributed by atoms with Crippen LogP contribution in [0.1, 0.15) is 37.7 Å². The molecule has 1 nitrogen and oxygen atoms in total. The Morgan fingerprint density at radius 2 is 1.93 bits per heavy atom. The molecular weight excluding hydrogens is 194 g/mol. The molecule has 0 saturated heterocycles. The van der Waals surface area contributed by atoms with Crippen LogP contribution in [0.5, 0.6) is 0 Å². The minimum absolute atomic E-state index is 0.635. The van der Waals surface area contributed by atoms with Gasteiger partial charge in [0.25, 0.3) is 0 Å². The largest absolute Gasteiger partial charge is 0.330 e. The van der Waals surface area contributed by atoms with Crippen LogP contribution in [0.15, 0.2) is 24.3 Å². The Hall–Kier alpha value is -0.530. The van der Waals surface area contributed by atoms with Crippen molar-refractivity contribution in [1.82, 2.24) is 0 Å². The van der Waals surface area contributed by atoms with Crippen LogP contribution in [0.2, 0.25) is 5.02 Å². The van der Waals surface area contributed by atoms with Gasteiger partial charge in [-0.25, -0.2) is 0 Å². The van der Waals surface area contributed by atoms with Crippen molar-refractivity contribution < 1.29 is 0 Å². The summed E-state index contributed by atoms with van der Waals surface area (Å²) in [6, 6.07) is 8.16. The van der Waals surface area contributed by atoms with E-state index < -0.39 is 0 Å². The number of benzene rings is 1. The summed E-state index contributed by atoms with van der Waals surface area (Å²) in [6.07, 6.45) is 3.44. The average Bonchev–Trinajstić information content (AvgIpc) is 2.21. The van der Waals surface area contributed by atoms with Gasteiger partial charge in [0.2, 0.25) is 0 Å². The van der Waals surface area contributed by atoms with E-state index in [0.29, 0.717) is 5.92 Å². The summed E-state index contributed by atoms with van der Waals surface area (Å²) in [5.41, 5.74) is 6.89. The fourth-order valence-electron chi connectivity index (χ4n) is 1.71. The van der Waals surface area contributed by atoms with E-state index in [9.17, 15) is 0 Å². The smallest absolute Gasteiger partial charge is 0.0406 e. The molecule has 14 heavy (non-hydrogen) atoms. The Morgan fingerprint density at radius 1 is 1.29 bits per heavy atom. The van der Waals surface area contributed by atoms with E-state index in [-0.39, 0.29) is 0 Å². The predicted octanol–water partition coefficient (Wildman–Crippen LogP) is 3.57. The van der Waals surface area contributed by atoms with Crippen LogP contribution in [0, 0.1) is 0 Å². The number of hydrogen-bond acceptors (Lipinski definition) is 1. The molecule has 78 valence electrons. The SMILES string of the molecule is CCC(CCCN)c1ccc(Cl)cc1. The van der Waals surface area contributed by atoms with Crippen LogP contribution in [-0.2, 0) is 0 Å². The molecule has 0 bridgehead atoms. The van der Waals surface area contributed by atoms with Crippen molar-refractivity contribution in [3.8, 4) is 0 Å². The highest BCUT2D eigenvalue weighted by molar-refractivity contribution is 6.30. The molecule has 2 heteroatoms. The standard InChI is InChI=1S/C12H18ClN/c1-2-10(4-3-9-14)11-5-7-12(13)8-6-11/h5-8,10H,2-4,9,14H2,1H3. The number of halogens is 1. The van der Waals surface area contributed by atoms with Gasteiger partial charge in [0.1, 0.15) is 0 Å². The van der Waals surface area contributed by atoms with Crippen molar-refractivity contribution in [2.24, 2.45) is 5.73 Å². The van der Waals surface area contributed by atoms with Crippen molar-refractivity contribution in [2.75, 3.05) is 6.54 Å². The molecule has 0 fully saturated rings. The topological polar surface area (TPSA) is 26.0 Å². The normalized spacial score (nSPS) is 12.8. The second-order valence-electron chi connectivity index (χ2n) is 3.59. The maximum atomic E-state index is 5.84. The van der Waals surface area contributed by atoms with Gasteiger partial charge in [-0.3, -0.25) is 0 Å². The Bertz CT molecular complexity index is 256. The van der Waals surface area contributed by atoms with E-state index in [1.807, 2.05) is 12.1 Å². The predicted molar refractivity (Wildman–Crippen MR) is 62.8 cm³/mol. The maximum Gasteiger partial charge on any atom is 0.0406 e. The van der Waals surface area contributed by atoms with Crippen molar-refractivity contribution >= 4 is 11.6 Å². The third-order valence-electron chi connectivity index (χ3n) is 2.59. The Labute approximate surface area is 91.3 Å². The summed E-state index contributed by atoms with van der Waals surface area (Å²) in [5, 5.41) is 0.808. The molecule has 0 heterocycles. The van der Waals surface area contributed by atoms with E-state index in [4.69, 9.17) is 17.3 Å². The first kappa shape index (κ1) is 11.5. The second-order valence-corrected chi connectivity index (χ2v) is 4.02. The first-order chi connectivity index (χ1) is 6.77. The van der Waals surface area contributed by atoms with Gasteiger partial charge in [0.05, 0.1) is 0 Å². The minimum Gasteiger partial charge on any atom is -0.330 e. The second kappa shape index (κ2) is 6.05. The van der Waals surface area contributed by atoms with Gasteiger partial charge < -0.3 is 5.73 Å². The van der Waals surface area contributed by atoms with Gasteiger partial charge >= 0.3 is 0 Å². The van der Waals surface area contributed by atoms with Crippen molar-refractivity contribution in [1.29, 1.82) is 0 Å². The summed E-state index contributed by atoms with van der Waals surface area (Å²) in [7, 11) is 0.